The number of thiocarbonyl (C=S) groups is 1. The van der Waals surface area contributed by atoms with Gasteiger partial charge in [0.15, 0.2) is 5.11 Å². The van der Waals surface area contributed by atoms with Crippen molar-refractivity contribution in [1.29, 1.82) is 0 Å². The fraction of sp³-hybridized carbons (Fsp3) is 0.118. The Morgan fingerprint density at radius 1 is 1.29 bits per heavy atom. The third-order valence-electron chi connectivity index (χ3n) is 3.62. The van der Waals surface area contributed by atoms with Crippen molar-refractivity contribution in [3.8, 4) is 5.75 Å². The lowest BCUT2D eigenvalue weighted by molar-refractivity contribution is -0.113. The van der Waals surface area contributed by atoms with Gasteiger partial charge in [-0.2, -0.15) is 0 Å². The van der Waals surface area contributed by atoms with Gasteiger partial charge in [0.25, 0.3) is 5.91 Å². The maximum atomic E-state index is 12.8. The van der Waals surface area contributed by atoms with Crippen LogP contribution >= 0.6 is 12.2 Å². The molecule has 24 heavy (non-hydrogen) atoms. The van der Waals surface area contributed by atoms with Gasteiger partial charge in [-0.3, -0.25) is 4.79 Å². The predicted octanol–water partition coefficient (Wildman–Crippen LogP) is 2.22. The van der Waals surface area contributed by atoms with Crippen molar-refractivity contribution < 1.29 is 9.90 Å². The Labute approximate surface area is 144 Å². The smallest absolute Gasteiger partial charge is 0.256 e. The van der Waals surface area contributed by atoms with E-state index in [9.17, 15) is 9.90 Å². The van der Waals surface area contributed by atoms with Crippen molar-refractivity contribution >= 4 is 29.1 Å². The monoisotopic (exact) mass is 340 g/mol. The van der Waals surface area contributed by atoms with Crippen molar-refractivity contribution in [2.45, 2.75) is 13.0 Å². The van der Waals surface area contributed by atoms with Crippen LogP contribution in [0.1, 0.15) is 18.5 Å². The molecule has 1 aliphatic rings. The molecule has 6 nitrogen and oxygen atoms in total. The van der Waals surface area contributed by atoms with Gasteiger partial charge in [-0.05, 0) is 49.0 Å². The van der Waals surface area contributed by atoms with Crippen molar-refractivity contribution in [2.75, 3.05) is 5.32 Å². The molecule has 1 amide bonds. The maximum absolute atomic E-state index is 12.8. The molecule has 0 aliphatic carbocycles. The highest BCUT2D eigenvalue weighted by atomic mass is 32.1. The Balaban J connectivity index is 1.96. The number of nitrogens with one attached hydrogen (secondary N) is 3. The SMILES string of the molecule is CC1=C(C(=O)Nc2ccccn2)[C@H](c2cccc(O)c2)NC(=S)N1. The molecule has 0 saturated heterocycles. The molecule has 0 saturated carbocycles. The number of hydrogen-bond donors (Lipinski definition) is 4. The first-order valence-electron chi connectivity index (χ1n) is 7.34. The number of phenols is 1. The Morgan fingerprint density at radius 2 is 2.12 bits per heavy atom. The summed E-state index contributed by atoms with van der Waals surface area (Å²) in [7, 11) is 0. The molecule has 4 N–H and O–H groups in total. The van der Waals surface area contributed by atoms with Crippen LogP contribution in [0.5, 0.6) is 5.75 Å². The molecular formula is C17H16N4O2S. The largest absolute Gasteiger partial charge is 0.508 e. The van der Waals surface area contributed by atoms with E-state index >= 15 is 0 Å². The number of phenolic OH excluding ortho intramolecular Hbond substituents is 1. The second-order valence-corrected chi connectivity index (χ2v) is 5.74. The zero-order valence-corrected chi connectivity index (χ0v) is 13.7. The van der Waals surface area contributed by atoms with E-state index < -0.39 is 6.04 Å². The van der Waals surface area contributed by atoms with E-state index in [2.05, 4.69) is 20.9 Å². The Bertz CT molecular complexity index is 820. The molecule has 1 aliphatic heterocycles. The van der Waals surface area contributed by atoms with E-state index in [1.807, 2.05) is 6.07 Å². The number of aromatic nitrogens is 1. The molecule has 7 heteroatoms. The zero-order chi connectivity index (χ0) is 17.1. The fourth-order valence-corrected chi connectivity index (χ4v) is 2.84. The van der Waals surface area contributed by atoms with E-state index in [-0.39, 0.29) is 11.7 Å². The molecule has 1 atom stereocenters. The van der Waals surface area contributed by atoms with E-state index in [1.54, 1.807) is 49.5 Å². The van der Waals surface area contributed by atoms with Crippen molar-refractivity contribution in [1.82, 2.24) is 15.6 Å². The molecule has 122 valence electrons. The molecule has 3 rings (SSSR count). The van der Waals surface area contributed by atoms with E-state index in [0.29, 0.717) is 22.2 Å². The fourth-order valence-electron chi connectivity index (χ4n) is 2.57. The number of carbonyl (C=O) groups is 1. The van der Waals surface area contributed by atoms with Crippen LogP contribution < -0.4 is 16.0 Å². The minimum absolute atomic E-state index is 0.126. The number of hydrogen-bond acceptors (Lipinski definition) is 4. The van der Waals surface area contributed by atoms with Crippen LogP contribution in [-0.4, -0.2) is 21.1 Å². The predicted molar refractivity (Wildman–Crippen MR) is 95.3 cm³/mol. The summed E-state index contributed by atoms with van der Waals surface area (Å²) in [6, 6.07) is 11.6. The van der Waals surface area contributed by atoms with Gasteiger partial charge < -0.3 is 21.1 Å². The molecule has 2 heterocycles. The molecule has 1 aromatic carbocycles. The summed E-state index contributed by atoms with van der Waals surface area (Å²) in [6.45, 7) is 1.79. The number of nitrogens with zero attached hydrogens (tertiary/aromatic N) is 1. The van der Waals surface area contributed by atoms with Gasteiger partial charge in [-0.25, -0.2) is 4.98 Å². The molecule has 0 unspecified atom stereocenters. The average Bonchev–Trinajstić information content (AvgIpc) is 2.55. The quantitative estimate of drug-likeness (QED) is 0.641. The summed E-state index contributed by atoms with van der Waals surface area (Å²) in [5.41, 5.74) is 1.88. The summed E-state index contributed by atoms with van der Waals surface area (Å²) in [5.74, 6) is 0.300. The van der Waals surface area contributed by atoms with Gasteiger partial charge >= 0.3 is 0 Å². The van der Waals surface area contributed by atoms with Gasteiger partial charge in [0.05, 0.1) is 11.6 Å². The van der Waals surface area contributed by atoms with Gasteiger partial charge in [0.2, 0.25) is 0 Å². The Hall–Kier alpha value is -2.93. The number of aromatic hydroxyl groups is 1. The first-order valence-corrected chi connectivity index (χ1v) is 7.75. The number of amides is 1. The van der Waals surface area contributed by atoms with Crippen LogP contribution in [0.2, 0.25) is 0 Å². The number of anilines is 1. The molecule has 0 spiro atoms. The molecule has 0 fully saturated rings. The van der Waals surface area contributed by atoms with E-state index in [0.717, 1.165) is 5.56 Å². The molecular weight excluding hydrogens is 324 g/mol. The highest BCUT2D eigenvalue weighted by Crippen LogP contribution is 2.29. The van der Waals surface area contributed by atoms with Gasteiger partial charge in [-0.15, -0.1) is 0 Å². The number of allylic oxidation sites excluding steroid dienone is 1. The Kier molecular flexibility index (Phi) is 4.43. The molecule has 1 aromatic heterocycles. The van der Waals surface area contributed by atoms with Gasteiger partial charge in [-0.1, -0.05) is 18.2 Å². The number of pyridine rings is 1. The van der Waals surface area contributed by atoms with Crippen molar-refractivity contribution in [3.05, 3.63) is 65.5 Å². The van der Waals surface area contributed by atoms with E-state index in [4.69, 9.17) is 12.2 Å². The van der Waals surface area contributed by atoms with Crippen LogP contribution in [0.15, 0.2) is 59.9 Å². The minimum Gasteiger partial charge on any atom is -0.508 e. The third-order valence-corrected chi connectivity index (χ3v) is 3.84. The number of carbonyl (C=O) groups excluding carboxylic acids is 1. The maximum Gasteiger partial charge on any atom is 0.256 e. The van der Waals surface area contributed by atoms with Crippen LogP contribution in [0.3, 0.4) is 0 Å². The number of benzene rings is 1. The molecule has 0 radical (unpaired) electrons. The lowest BCUT2D eigenvalue weighted by Crippen LogP contribution is -2.45. The first kappa shape index (κ1) is 15.9. The second kappa shape index (κ2) is 6.67. The normalized spacial score (nSPS) is 17.0. The lowest BCUT2D eigenvalue weighted by atomic mass is 9.95. The highest BCUT2D eigenvalue weighted by molar-refractivity contribution is 7.80. The summed E-state index contributed by atoms with van der Waals surface area (Å²) < 4.78 is 0. The average molecular weight is 340 g/mol. The van der Waals surface area contributed by atoms with Crippen LogP contribution in [-0.2, 0) is 4.79 Å². The topological polar surface area (TPSA) is 86.3 Å². The summed E-state index contributed by atoms with van der Waals surface area (Å²) in [6.07, 6.45) is 1.61. The summed E-state index contributed by atoms with van der Waals surface area (Å²) >= 11 is 5.20. The summed E-state index contributed by atoms with van der Waals surface area (Å²) in [4.78, 5) is 16.9. The third kappa shape index (κ3) is 3.36. The van der Waals surface area contributed by atoms with Gasteiger partial charge in [0.1, 0.15) is 11.6 Å². The van der Waals surface area contributed by atoms with Crippen LogP contribution in [0.4, 0.5) is 5.82 Å². The number of rotatable bonds is 3. The summed E-state index contributed by atoms with van der Waals surface area (Å²) in [5, 5.41) is 19.0. The van der Waals surface area contributed by atoms with Crippen molar-refractivity contribution in [3.63, 3.8) is 0 Å². The Morgan fingerprint density at radius 3 is 2.83 bits per heavy atom. The first-order chi connectivity index (χ1) is 11.5. The second-order valence-electron chi connectivity index (χ2n) is 5.33. The van der Waals surface area contributed by atoms with E-state index in [1.165, 1.54) is 0 Å². The van der Waals surface area contributed by atoms with Crippen LogP contribution in [0, 0.1) is 0 Å². The van der Waals surface area contributed by atoms with Gasteiger partial charge in [0, 0.05) is 11.9 Å². The molecule has 0 bridgehead atoms. The molecule has 2 aromatic rings. The zero-order valence-electron chi connectivity index (χ0n) is 12.9. The minimum atomic E-state index is -0.463. The van der Waals surface area contributed by atoms with Crippen LogP contribution in [0.25, 0.3) is 0 Å². The highest BCUT2D eigenvalue weighted by Gasteiger charge is 2.30. The van der Waals surface area contributed by atoms with Crippen molar-refractivity contribution in [2.24, 2.45) is 0 Å². The lowest BCUT2D eigenvalue weighted by Gasteiger charge is -2.30. The standard InChI is InChI=1S/C17H16N4O2S/c1-10-14(16(23)20-13-7-2-3-8-18-13)15(21-17(24)19-10)11-5-4-6-12(22)9-11/h2-9,15,22H,1H3,(H,18,20,23)(H2,19,21,24)/t15-/m0/s1.